The monoisotopic (exact) mass is 501 g/mol. The molecular formula is C25H26F3N5O3. The summed E-state index contributed by atoms with van der Waals surface area (Å²) < 4.78 is 48.3. The third kappa shape index (κ3) is 4.11. The number of pyridine rings is 1. The molecule has 8 nitrogen and oxygen atoms in total. The van der Waals surface area contributed by atoms with Gasteiger partial charge in [-0.3, -0.25) is 14.2 Å². The van der Waals surface area contributed by atoms with Gasteiger partial charge in [-0.1, -0.05) is 18.2 Å². The van der Waals surface area contributed by atoms with E-state index in [-0.39, 0.29) is 28.2 Å². The van der Waals surface area contributed by atoms with E-state index in [2.05, 4.69) is 15.3 Å². The van der Waals surface area contributed by atoms with Crippen molar-refractivity contribution in [2.75, 3.05) is 25.0 Å². The van der Waals surface area contributed by atoms with Gasteiger partial charge in [0, 0.05) is 19.2 Å². The topological polar surface area (TPSA) is 89.4 Å². The summed E-state index contributed by atoms with van der Waals surface area (Å²) in [6.45, 7) is 2.84. The molecule has 0 unspecified atom stereocenters. The highest BCUT2D eigenvalue weighted by Crippen LogP contribution is 2.38. The molecule has 11 heteroatoms. The number of benzene rings is 1. The quantitative estimate of drug-likeness (QED) is 0.569. The van der Waals surface area contributed by atoms with E-state index in [0.29, 0.717) is 25.1 Å². The number of rotatable bonds is 5. The molecule has 5 rings (SSSR count). The molecular weight excluding hydrogens is 475 g/mol. The van der Waals surface area contributed by atoms with Crippen LogP contribution in [0.5, 0.6) is 0 Å². The van der Waals surface area contributed by atoms with Crippen LogP contribution < -0.4 is 10.9 Å². The number of alkyl halides is 2. The molecule has 190 valence electrons. The Labute approximate surface area is 205 Å². The molecule has 1 atom stereocenters. The van der Waals surface area contributed by atoms with Crippen molar-refractivity contribution in [3.05, 3.63) is 63.5 Å². The lowest BCUT2D eigenvalue weighted by Crippen LogP contribution is -2.57. The summed E-state index contributed by atoms with van der Waals surface area (Å²) in [7, 11) is 1.51. The van der Waals surface area contributed by atoms with Gasteiger partial charge in [-0.2, -0.15) is 0 Å². The smallest absolute Gasteiger partial charge is 0.266 e. The van der Waals surface area contributed by atoms with Crippen molar-refractivity contribution in [3.8, 4) is 0 Å². The van der Waals surface area contributed by atoms with Gasteiger partial charge in [0.15, 0.2) is 0 Å². The SMILES string of the molecule is C[C@@H](Nc1ncnc2c1cc(C(=O)N1CCOC3(CCC3)C1)c(=O)n2C)c1cccc(C(F)F)c1F. The molecule has 1 aromatic carbocycles. The van der Waals surface area contributed by atoms with Gasteiger partial charge in [-0.05, 0) is 32.3 Å². The number of morpholine rings is 1. The van der Waals surface area contributed by atoms with E-state index < -0.39 is 35.3 Å². The van der Waals surface area contributed by atoms with Crippen molar-refractivity contribution in [2.45, 2.75) is 44.3 Å². The predicted molar refractivity (Wildman–Crippen MR) is 127 cm³/mol. The highest BCUT2D eigenvalue weighted by Gasteiger charge is 2.43. The van der Waals surface area contributed by atoms with Crippen LogP contribution in [-0.4, -0.2) is 50.6 Å². The van der Waals surface area contributed by atoms with Gasteiger partial charge in [-0.15, -0.1) is 0 Å². The molecule has 0 bridgehead atoms. The minimum atomic E-state index is -2.95. The average Bonchev–Trinajstić information content (AvgIpc) is 2.85. The van der Waals surface area contributed by atoms with Crippen LogP contribution in [-0.2, 0) is 11.8 Å². The Morgan fingerprint density at radius 2 is 1.97 bits per heavy atom. The Morgan fingerprint density at radius 1 is 1.22 bits per heavy atom. The third-order valence-electron chi connectivity index (χ3n) is 7.15. The van der Waals surface area contributed by atoms with Crippen molar-refractivity contribution >= 4 is 22.8 Å². The van der Waals surface area contributed by atoms with Gasteiger partial charge in [0.2, 0.25) is 0 Å². The normalized spacial score (nSPS) is 17.9. The molecule has 1 saturated carbocycles. The van der Waals surface area contributed by atoms with Gasteiger partial charge in [-0.25, -0.2) is 23.1 Å². The number of aryl methyl sites for hydroxylation is 1. The molecule has 36 heavy (non-hydrogen) atoms. The number of carbonyl (C=O) groups excluding carboxylic acids is 1. The number of hydrogen-bond donors (Lipinski definition) is 1. The molecule has 3 aromatic rings. The van der Waals surface area contributed by atoms with Crippen molar-refractivity contribution in [1.29, 1.82) is 0 Å². The highest BCUT2D eigenvalue weighted by atomic mass is 19.3. The number of aromatic nitrogens is 3. The number of fused-ring (bicyclic) bond motifs is 1. The molecule has 2 fully saturated rings. The summed E-state index contributed by atoms with van der Waals surface area (Å²) in [5, 5.41) is 3.42. The van der Waals surface area contributed by atoms with E-state index in [1.165, 1.54) is 36.1 Å². The Bertz CT molecular complexity index is 1390. The lowest BCUT2D eigenvalue weighted by molar-refractivity contribution is -0.142. The zero-order valence-corrected chi connectivity index (χ0v) is 19.9. The van der Waals surface area contributed by atoms with Crippen LogP contribution in [0.1, 0.15) is 60.1 Å². The van der Waals surface area contributed by atoms with Gasteiger partial charge in [0.25, 0.3) is 17.9 Å². The van der Waals surface area contributed by atoms with Crippen LogP contribution in [0.15, 0.2) is 35.4 Å². The van der Waals surface area contributed by atoms with Gasteiger partial charge < -0.3 is 15.0 Å². The van der Waals surface area contributed by atoms with Crippen molar-refractivity contribution < 1.29 is 22.7 Å². The molecule has 1 aliphatic carbocycles. The first-order valence-electron chi connectivity index (χ1n) is 11.8. The lowest BCUT2D eigenvalue weighted by Gasteiger charge is -2.48. The number of hydrogen-bond acceptors (Lipinski definition) is 6. The third-order valence-corrected chi connectivity index (χ3v) is 7.15. The number of carbonyl (C=O) groups is 1. The number of halogens is 3. The Hall–Kier alpha value is -3.47. The minimum absolute atomic E-state index is 0.0299. The standard InChI is InChI=1S/C25H26F3N5O3/c1-14(15-5-3-6-16(19(15)26)20(27)28)31-21-17-11-18(23(34)32(2)22(17)30-13-29-21)24(35)33-9-10-36-25(12-33)7-4-8-25/h3,5-6,11,13-14,20H,4,7-10,12H2,1-2H3,(H,29,30,31)/t14-/m1/s1. The van der Waals surface area contributed by atoms with E-state index >= 15 is 0 Å². The molecule has 3 heterocycles. The minimum Gasteiger partial charge on any atom is -0.371 e. The lowest BCUT2D eigenvalue weighted by atomic mass is 9.79. The van der Waals surface area contributed by atoms with Crippen LogP contribution in [0.25, 0.3) is 11.0 Å². The fourth-order valence-electron chi connectivity index (χ4n) is 4.95. The maximum atomic E-state index is 14.7. The number of anilines is 1. The first-order valence-corrected chi connectivity index (χ1v) is 11.8. The first kappa shape index (κ1) is 24.2. The molecule has 1 N–H and O–H groups in total. The van der Waals surface area contributed by atoms with Crippen LogP contribution >= 0.6 is 0 Å². The van der Waals surface area contributed by atoms with Gasteiger partial charge in [0.1, 0.15) is 29.2 Å². The highest BCUT2D eigenvalue weighted by molar-refractivity contribution is 5.99. The Balaban J connectivity index is 1.51. The second-order valence-electron chi connectivity index (χ2n) is 9.41. The molecule has 2 aromatic heterocycles. The summed E-state index contributed by atoms with van der Waals surface area (Å²) in [5.41, 5.74) is -1.20. The molecule has 1 saturated heterocycles. The first-order chi connectivity index (χ1) is 17.2. The molecule has 1 aliphatic heterocycles. The zero-order valence-electron chi connectivity index (χ0n) is 19.9. The summed E-state index contributed by atoms with van der Waals surface area (Å²) in [6, 6.07) is 4.54. The maximum absolute atomic E-state index is 14.7. The van der Waals surface area contributed by atoms with Gasteiger partial charge >= 0.3 is 0 Å². The second-order valence-corrected chi connectivity index (χ2v) is 9.41. The molecule has 0 radical (unpaired) electrons. The van der Waals surface area contributed by atoms with E-state index in [1.807, 2.05) is 0 Å². The Kier molecular flexibility index (Phi) is 6.19. The van der Waals surface area contributed by atoms with Crippen LogP contribution in [0.3, 0.4) is 0 Å². The molecule has 2 aliphatic rings. The maximum Gasteiger partial charge on any atom is 0.266 e. The zero-order chi connectivity index (χ0) is 25.6. The fourth-order valence-corrected chi connectivity index (χ4v) is 4.95. The van der Waals surface area contributed by atoms with Crippen LogP contribution in [0, 0.1) is 5.82 Å². The number of ether oxygens (including phenoxy) is 1. The van der Waals surface area contributed by atoms with E-state index in [9.17, 15) is 22.8 Å². The molecule has 1 spiro atoms. The Morgan fingerprint density at radius 3 is 2.67 bits per heavy atom. The summed E-state index contributed by atoms with van der Waals surface area (Å²) >= 11 is 0. The largest absolute Gasteiger partial charge is 0.371 e. The number of amides is 1. The summed E-state index contributed by atoms with van der Waals surface area (Å²) in [5.74, 6) is -1.14. The summed E-state index contributed by atoms with van der Waals surface area (Å²) in [6.07, 6.45) is 1.11. The predicted octanol–water partition coefficient (Wildman–Crippen LogP) is 3.97. The fraction of sp³-hybridized carbons (Fsp3) is 0.440. The summed E-state index contributed by atoms with van der Waals surface area (Å²) in [4.78, 5) is 36.6. The number of nitrogens with zero attached hydrogens (tertiary/aromatic N) is 4. The second kappa shape index (κ2) is 9.20. The van der Waals surface area contributed by atoms with E-state index in [4.69, 9.17) is 4.74 Å². The van der Waals surface area contributed by atoms with Gasteiger partial charge in [0.05, 0.1) is 35.7 Å². The van der Waals surface area contributed by atoms with Crippen molar-refractivity contribution in [3.63, 3.8) is 0 Å². The van der Waals surface area contributed by atoms with Crippen molar-refractivity contribution in [1.82, 2.24) is 19.4 Å². The van der Waals surface area contributed by atoms with Crippen LogP contribution in [0.2, 0.25) is 0 Å². The van der Waals surface area contributed by atoms with E-state index in [0.717, 1.165) is 25.3 Å². The van der Waals surface area contributed by atoms with E-state index in [1.54, 1.807) is 11.8 Å². The van der Waals surface area contributed by atoms with Crippen LogP contribution in [0.4, 0.5) is 19.0 Å². The average molecular weight is 502 g/mol. The number of nitrogens with one attached hydrogen (secondary N) is 1. The van der Waals surface area contributed by atoms with Crippen molar-refractivity contribution in [2.24, 2.45) is 7.05 Å². The molecule has 1 amide bonds.